The van der Waals surface area contributed by atoms with Gasteiger partial charge in [-0.25, -0.2) is 15.0 Å². The first-order valence-corrected chi connectivity index (χ1v) is 8.42. The first-order chi connectivity index (χ1) is 13.0. The van der Waals surface area contributed by atoms with Crippen molar-refractivity contribution in [1.82, 2.24) is 29.3 Å². The molecule has 0 fully saturated rings. The SMILES string of the molecule is COc1ccc(-n2c(C)c3cnn(-c4ncccn4)c(=O)c3c2C)c(C)n1. The summed E-state index contributed by atoms with van der Waals surface area (Å²) in [5.74, 6) is 0.796. The highest BCUT2D eigenvalue weighted by molar-refractivity contribution is 5.88. The second kappa shape index (κ2) is 6.31. The number of pyridine rings is 1. The first-order valence-electron chi connectivity index (χ1n) is 8.42. The van der Waals surface area contributed by atoms with Crippen molar-refractivity contribution in [2.45, 2.75) is 20.8 Å². The minimum Gasteiger partial charge on any atom is -0.481 e. The summed E-state index contributed by atoms with van der Waals surface area (Å²) in [6.45, 7) is 5.79. The summed E-state index contributed by atoms with van der Waals surface area (Å²) in [6, 6.07) is 5.44. The fraction of sp³-hybridized carbons (Fsp3) is 0.211. The average molecular weight is 362 g/mol. The normalized spacial score (nSPS) is 11.1. The monoisotopic (exact) mass is 362 g/mol. The Labute approximate surface area is 155 Å². The zero-order chi connectivity index (χ0) is 19.1. The van der Waals surface area contributed by atoms with Gasteiger partial charge >= 0.3 is 0 Å². The lowest BCUT2D eigenvalue weighted by Crippen LogP contribution is -2.22. The quantitative estimate of drug-likeness (QED) is 0.556. The van der Waals surface area contributed by atoms with E-state index in [1.54, 1.807) is 37.8 Å². The highest BCUT2D eigenvalue weighted by Gasteiger charge is 2.19. The Hall–Kier alpha value is -3.55. The van der Waals surface area contributed by atoms with Crippen molar-refractivity contribution in [2.75, 3.05) is 7.11 Å². The zero-order valence-electron chi connectivity index (χ0n) is 15.5. The van der Waals surface area contributed by atoms with E-state index in [1.807, 2.05) is 31.4 Å². The number of nitrogens with zero attached hydrogens (tertiary/aromatic N) is 6. The van der Waals surface area contributed by atoms with E-state index < -0.39 is 0 Å². The molecule has 4 rings (SSSR count). The van der Waals surface area contributed by atoms with Crippen LogP contribution in [-0.4, -0.2) is 36.4 Å². The molecule has 136 valence electrons. The molecule has 0 radical (unpaired) electrons. The van der Waals surface area contributed by atoms with E-state index in [1.165, 1.54) is 4.68 Å². The van der Waals surface area contributed by atoms with Crippen molar-refractivity contribution >= 4 is 10.8 Å². The molecule has 0 amide bonds. The molecule has 0 saturated heterocycles. The molecular weight excluding hydrogens is 344 g/mol. The number of fused-ring (bicyclic) bond motifs is 1. The van der Waals surface area contributed by atoms with Crippen LogP contribution in [0.3, 0.4) is 0 Å². The number of hydrogen-bond acceptors (Lipinski definition) is 6. The Balaban J connectivity index is 2.00. The van der Waals surface area contributed by atoms with Gasteiger partial charge in [0.15, 0.2) is 0 Å². The van der Waals surface area contributed by atoms with Gasteiger partial charge in [0.1, 0.15) is 0 Å². The number of hydrogen-bond donors (Lipinski definition) is 0. The molecule has 4 aromatic rings. The minimum atomic E-state index is -0.253. The van der Waals surface area contributed by atoms with E-state index >= 15 is 0 Å². The van der Waals surface area contributed by atoms with Gasteiger partial charge in [0.2, 0.25) is 5.88 Å². The van der Waals surface area contributed by atoms with E-state index in [0.717, 1.165) is 28.2 Å². The molecule has 0 aromatic carbocycles. The Kier molecular flexibility index (Phi) is 3.95. The van der Waals surface area contributed by atoms with Crippen molar-refractivity contribution in [2.24, 2.45) is 0 Å². The minimum absolute atomic E-state index is 0.247. The summed E-state index contributed by atoms with van der Waals surface area (Å²) in [6.07, 6.45) is 4.84. The standard InChI is InChI=1S/C19H18N6O2/c1-11-15(6-7-16(23-11)27-4)24-12(2)14-10-22-25(18(26)17(14)13(24)3)19-20-8-5-9-21-19/h5-10H,1-4H3. The number of methoxy groups -OCH3 is 1. The van der Waals surface area contributed by atoms with Crippen LogP contribution in [0, 0.1) is 20.8 Å². The fourth-order valence-corrected chi connectivity index (χ4v) is 3.35. The zero-order valence-corrected chi connectivity index (χ0v) is 15.5. The smallest absolute Gasteiger partial charge is 0.283 e. The van der Waals surface area contributed by atoms with Gasteiger partial charge in [0.05, 0.1) is 30.1 Å². The molecule has 27 heavy (non-hydrogen) atoms. The van der Waals surface area contributed by atoms with Crippen LogP contribution in [0.25, 0.3) is 22.4 Å². The maximum Gasteiger partial charge on any atom is 0.283 e. The van der Waals surface area contributed by atoms with Gasteiger partial charge in [-0.15, -0.1) is 0 Å². The Bertz CT molecular complexity index is 1210. The van der Waals surface area contributed by atoms with Gasteiger partial charge in [0, 0.05) is 35.2 Å². The summed E-state index contributed by atoms with van der Waals surface area (Å²) in [5, 5.41) is 5.65. The van der Waals surface area contributed by atoms with Crippen molar-refractivity contribution < 1.29 is 4.74 Å². The molecule has 0 aliphatic heterocycles. The number of rotatable bonds is 3. The molecule has 8 heteroatoms. The van der Waals surface area contributed by atoms with E-state index in [9.17, 15) is 4.79 Å². The van der Waals surface area contributed by atoms with Crippen molar-refractivity contribution in [3.63, 3.8) is 0 Å². The van der Waals surface area contributed by atoms with Crippen molar-refractivity contribution in [3.8, 4) is 17.5 Å². The molecule has 4 aromatic heterocycles. The lowest BCUT2D eigenvalue weighted by Gasteiger charge is -2.12. The van der Waals surface area contributed by atoms with E-state index in [2.05, 4.69) is 20.1 Å². The van der Waals surface area contributed by atoms with Crippen LogP contribution in [0.2, 0.25) is 0 Å². The van der Waals surface area contributed by atoms with Crippen LogP contribution in [-0.2, 0) is 0 Å². The van der Waals surface area contributed by atoms with Gasteiger partial charge in [-0.1, -0.05) is 0 Å². The van der Waals surface area contributed by atoms with Gasteiger partial charge in [-0.05, 0) is 32.9 Å². The third kappa shape index (κ3) is 2.57. The maximum atomic E-state index is 13.1. The first kappa shape index (κ1) is 16.9. The summed E-state index contributed by atoms with van der Waals surface area (Å²) in [5.41, 5.74) is 3.18. The molecule has 4 heterocycles. The van der Waals surface area contributed by atoms with Crippen LogP contribution in [0.1, 0.15) is 17.1 Å². The molecular formula is C19H18N6O2. The predicted octanol–water partition coefficient (Wildman–Crippen LogP) is 2.30. The highest BCUT2D eigenvalue weighted by atomic mass is 16.5. The van der Waals surface area contributed by atoms with Gasteiger partial charge in [-0.2, -0.15) is 9.78 Å². The number of ether oxygens (including phenoxy) is 1. The molecule has 0 atom stereocenters. The van der Waals surface area contributed by atoms with Gasteiger partial charge in [0.25, 0.3) is 11.5 Å². The topological polar surface area (TPSA) is 87.7 Å². The fourth-order valence-electron chi connectivity index (χ4n) is 3.35. The van der Waals surface area contributed by atoms with Crippen LogP contribution in [0.5, 0.6) is 5.88 Å². The Morgan fingerprint density at radius 3 is 2.44 bits per heavy atom. The Morgan fingerprint density at radius 1 is 1.04 bits per heavy atom. The molecule has 0 aliphatic rings. The Morgan fingerprint density at radius 2 is 1.78 bits per heavy atom. The molecule has 0 bridgehead atoms. The molecule has 8 nitrogen and oxygen atoms in total. The molecule has 0 saturated carbocycles. The summed E-state index contributed by atoms with van der Waals surface area (Å²) >= 11 is 0. The van der Waals surface area contributed by atoms with Crippen molar-refractivity contribution in [1.29, 1.82) is 0 Å². The second-order valence-corrected chi connectivity index (χ2v) is 6.16. The summed E-state index contributed by atoms with van der Waals surface area (Å²) < 4.78 is 8.43. The maximum absolute atomic E-state index is 13.1. The highest BCUT2D eigenvalue weighted by Crippen LogP contribution is 2.28. The van der Waals surface area contributed by atoms with Crippen molar-refractivity contribution in [3.05, 3.63) is 64.2 Å². The lowest BCUT2D eigenvalue weighted by atomic mass is 10.2. The molecule has 0 unspecified atom stereocenters. The molecule has 0 spiro atoms. The van der Waals surface area contributed by atoms with E-state index in [-0.39, 0.29) is 11.5 Å². The third-order valence-corrected chi connectivity index (χ3v) is 4.62. The van der Waals surface area contributed by atoms with Crippen LogP contribution in [0.4, 0.5) is 0 Å². The molecule has 0 N–H and O–H groups in total. The van der Waals surface area contributed by atoms with Gasteiger partial charge in [-0.3, -0.25) is 4.79 Å². The van der Waals surface area contributed by atoms with Gasteiger partial charge < -0.3 is 9.30 Å². The largest absolute Gasteiger partial charge is 0.481 e. The lowest BCUT2D eigenvalue weighted by molar-refractivity contribution is 0.397. The third-order valence-electron chi connectivity index (χ3n) is 4.62. The average Bonchev–Trinajstić information content (AvgIpc) is 2.94. The summed E-state index contributed by atoms with van der Waals surface area (Å²) in [7, 11) is 1.59. The predicted molar refractivity (Wildman–Crippen MR) is 101 cm³/mol. The van der Waals surface area contributed by atoms with Crippen LogP contribution in [0.15, 0.2) is 41.6 Å². The molecule has 0 aliphatic carbocycles. The van der Waals surface area contributed by atoms with Crippen LogP contribution >= 0.6 is 0 Å². The van der Waals surface area contributed by atoms with E-state index in [0.29, 0.717) is 11.3 Å². The van der Waals surface area contributed by atoms with Crippen LogP contribution < -0.4 is 10.3 Å². The van der Waals surface area contributed by atoms with E-state index in [4.69, 9.17) is 4.74 Å². The number of aromatic nitrogens is 6. The summed E-state index contributed by atoms with van der Waals surface area (Å²) in [4.78, 5) is 25.8. The second-order valence-electron chi connectivity index (χ2n) is 6.16. The number of aryl methyl sites for hydroxylation is 3.